The number of nitrogens with one attached hydrogen (secondary N) is 1. The third kappa shape index (κ3) is 1.74. The number of hydrogen-bond acceptors (Lipinski definition) is 2. The third-order valence-electron chi connectivity index (χ3n) is 2.68. The topological polar surface area (TPSA) is 54.7 Å². The quantitative estimate of drug-likeness (QED) is 0.643. The maximum Gasteiger partial charge on any atom is 0.129 e. The lowest BCUT2D eigenvalue weighted by atomic mass is 10.2. The minimum Gasteiger partial charge on any atom is -0.397 e. The van der Waals surface area contributed by atoms with Crippen LogP contribution in [-0.4, -0.2) is 9.97 Å². The molecule has 0 aliphatic rings. The second-order valence-corrected chi connectivity index (χ2v) is 4.23. The molecule has 4 heteroatoms. The Morgan fingerprint density at radius 2 is 1.94 bits per heavy atom. The highest BCUT2D eigenvalue weighted by Gasteiger charge is 2.08. The van der Waals surface area contributed by atoms with Crippen molar-refractivity contribution in [3.63, 3.8) is 0 Å². The second kappa shape index (κ2) is 3.79. The van der Waals surface area contributed by atoms with Gasteiger partial charge in [-0.25, -0.2) is 4.98 Å². The molecule has 0 saturated heterocycles. The molecule has 0 bridgehead atoms. The van der Waals surface area contributed by atoms with Crippen LogP contribution in [0.15, 0.2) is 42.5 Å². The zero-order valence-corrected chi connectivity index (χ0v) is 9.70. The van der Waals surface area contributed by atoms with Crippen molar-refractivity contribution in [3.05, 3.63) is 47.6 Å². The number of hydrogen-bond donors (Lipinski definition) is 2. The molecule has 3 N–H and O–H groups in total. The molecule has 0 aliphatic heterocycles. The number of nitrogen functional groups attached to an aromatic ring is 1. The predicted molar refractivity (Wildman–Crippen MR) is 71.0 cm³/mol. The van der Waals surface area contributed by atoms with Crippen LogP contribution < -0.4 is 5.73 Å². The Labute approximate surface area is 103 Å². The summed E-state index contributed by atoms with van der Waals surface area (Å²) in [4.78, 5) is 7.53. The molecule has 3 aromatic rings. The van der Waals surface area contributed by atoms with Gasteiger partial charge in [0.15, 0.2) is 0 Å². The summed E-state index contributed by atoms with van der Waals surface area (Å²) >= 11 is 5.88. The van der Waals surface area contributed by atoms with Gasteiger partial charge >= 0.3 is 0 Å². The lowest BCUT2D eigenvalue weighted by molar-refractivity contribution is 1.29. The van der Waals surface area contributed by atoms with Crippen LogP contribution in [0.3, 0.4) is 0 Å². The van der Waals surface area contributed by atoms with Gasteiger partial charge in [0.2, 0.25) is 0 Å². The molecule has 0 atom stereocenters. The van der Waals surface area contributed by atoms with Crippen molar-refractivity contribution in [2.75, 3.05) is 5.73 Å². The Balaban J connectivity index is 2.23. The summed E-state index contributed by atoms with van der Waals surface area (Å²) in [5.41, 5.74) is 9.14. The number of benzene rings is 1. The molecule has 3 rings (SSSR count). The number of aromatic nitrogens is 2. The first-order valence-electron chi connectivity index (χ1n) is 5.24. The SMILES string of the molecule is Nc1ccc(Cl)nc1-c1cc2ccccc2[nH]1. The second-order valence-electron chi connectivity index (χ2n) is 3.84. The molecule has 0 fully saturated rings. The molecule has 0 unspecified atom stereocenters. The smallest absolute Gasteiger partial charge is 0.129 e. The molecule has 0 amide bonds. The highest BCUT2D eigenvalue weighted by atomic mass is 35.5. The Morgan fingerprint density at radius 1 is 1.12 bits per heavy atom. The van der Waals surface area contributed by atoms with Gasteiger partial charge < -0.3 is 10.7 Å². The Morgan fingerprint density at radius 3 is 2.76 bits per heavy atom. The third-order valence-corrected chi connectivity index (χ3v) is 2.89. The first kappa shape index (κ1) is 10.2. The van der Waals surface area contributed by atoms with Crippen molar-refractivity contribution < 1.29 is 0 Å². The number of H-pyrrole nitrogens is 1. The number of aromatic amines is 1. The van der Waals surface area contributed by atoms with E-state index in [1.165, 1.54) is 0 Å². The average molecular weight is 244 g/mol. The number of anilines is 1. The number of rotatable bonds is 1. The molecule has 0 saturated carbocycles. The molecule has 2 aromatic heterocycles. The van der Waals surface area contributed by atoms with Crippen LogP contribution in [0.4, 0.5) is 5.69 Å². The molecule has 17 heavy (non-hydrogen) atoms. The number of para-hydroxylation sites is 1. The molecule has 84 valence electrons. The van der Waals surface area contributed by atoms with E-state index in [1.54, 1.807) is 12.1 Å². The molecule has 1 aromatic carbocycles. The summed E-state index contributed by atoms with van der Waals surface area (Å²) < 4.78 is 0. The molecular formula is C13H10ClN3. The van der Waals surface area contributed by atoms with E-state index in [0.717, 1.165) is 16.6 Å². The van der Waals surface area contributed by atoms with E-state index in [1.807, 2.05) is 30.3 Å². The van der Waals surface area contributed by atoms with Crippen molar-refractivity contribution in [2.45, 2.75) is 0 Å². The number of nitrogens with two attached hydrogens (primary N) is 1. The van der Waals surface area contributed by atoms with Crippen LogP contribution in [-0.2, 0) is 0 Å². The van der Waals surface area contributed by atoms with Crippen molar-refractivity contribution in [1.82, 2.24) is 9.97 Å². The van der Waals surface area contributed by atoms with Crippen LogP contribution in [0.2, 0.25) is 5.15 Å². The van der Waals surface area contributed by atoms with Crippen molar-refractivity contribution in [2.24, 2.45) is 0 Å². The lowest BCUT2D eigenvalue weighted by Gasteiger charge is -2.02. The fourth-order valence-electron chi connectivity index (χ4n) is 1.86. The maximum atomic E-state index is 5.90. The Bertz CT molecular complexity index is 655. The molecule has 3 nitrogen and oxygen atoms in total. The van der Waals surface area contributed by atoms with Gasteiger partial charge in [-0.05, 0) is 24.3 Å². The standard InChI is InChI=1S/C13H10ClN3/c14-12-6-5-9(15)13(17-12)11-7-8-3-1-2-4-10(8)16-11/h1-7,16H,15H2. The number of pyridine rings is 1. The van der Waals surface area contributed by atoms with E-state index in [9.17, 15) is 0 Å². The molecule has 2 heterocycles. The van der Waals surface area contributed by atoms with E-state index < -0.39 is 0 Å². The minimum atomic E-state index is 0.438. The van der Waals surface area contributed by atoms with E-state index in [4.69, 9.17) is 17.3 Å². The van der Waals surface area contributed by atoms with E-state index in [0.29, 0.717) is 16.5 Å². The Hall–Kier alpha value is -2.00. The fourth-order valence-corrected chi connectivity index (χ4v) is 2.01. The first-order valence-corrected chi connectivity index (χ1v) is 5.62. The zero-order valence-electron chi connectivity index (χ0n) is 8.94. The highest BCUT2D eigenvalue weighted by Crippen LogP contribution is 2.27. The number of nitrogens with zero attached hydrogens (tertiary/aromatic N) is 1. The van der Waals surface area contributed by atoms with Gasteiger partial charge in [-0.3, -0.25) is 0 Å². The summed E-state index contributed by atoms with van der Waals surface area (Å²) in [7, 11) is 0. The monoisotopic (exact) mass is 243 g/mol. The van der Waals surface area contributed by atoms with Crippen molar-refractivity contribution in [1.29, 1.82) is 0 Å². The minimum absolute atomic E-state index is 0.438. The van der Waals surface area contributed by atoms with Gasteiger partial charge in [-0.2, -0.15) is 0 Å². The van der Waals surface area contributed by atoms with E-state index >= 15 is 0 Å². The van der Waals surface area contributed by atoms with E-state index in [2.05, 4.69) is 9.97 Å². The summed E-state index contributed by atoms with van der Waals surface area (Å²) in [6.07, 6.45) is 0. The molecular weight excluding hydrogens is 234 g/mol. The zero-order chi connectivity index (χ0) is 11.8. The van der Waals surface area contributed by atoms with Gasteiger partial charge in [0.05, 0.1) is 11.4 Å². The van der Waals surface area contributed by atoms with Crippen LogP contribution in [0.1, 0.15) is 0 Å². The Kier molecular flexibility index (Phi) is 2.27. The normalized spacial score (nSPS) is 10.9. The summed E-state index contributed by atoms with van der Waals surface area (Å²) in [6.45, 7) is 0. The van der Waals surface area contributed by atoms with Crippen molar-refractivity contribution >= 4 is 28.2 Å². The maximum absolute atomic E-state index is 5.90. The van der Waals surface area contributed by atoms with Gasteiger partial charge in [0.1, 0.15) is 10.8 Å². The number of halogens is 1. The fraction of sp³-hybridized carbons (Fsp3) is 0. The van der Waals surface area contributed by atoms with Gasteiger partial charge in [-0.15, -0.1) is 0 Å². The highest BCUT2D eigenvalue weighted by molar-refractivity contribution is 6.29. The predicted octanol–water partition coefficient (Wildman–Crippen LogP) is 3.47. The van der Waals surface area contributed by atoms with Crippen molar-refractivity contribution in [3.8, 4) is 11.4 Å². The van der Waals surface area contributed by atoms with Crippen LogP contribution in [0.5, 0.6) is 0 Å². The van der Waals surface area contributed by atoms with Crippen LogP contribution in [0.25, 0.3) is 22.3 Å². The van der Waals surface area contributed by atoms with E-state index in [-0.39, 0.29) is 0 Å². The van der Waals surface area contributed by atoms with Gasteiger partial charge in [0, 0.05) is 10.9 Å². The lowest BCUT2D eigenvalue weighted by Crippen LogP contribution is -1.93. The van der Waals surface area contributed by atoms with Gasteiger partial charge in [0.25, 0.3) is 0 Å². The largest absolute Gasteiger partial charge is 0.397 e. The van der Waals surface area contributed by atoms with Crippen LogP contribution in [0, 0.1) is 0 Å². The summed E-state index contributed by atoms with van der Waals surface area (Å²) in [5.74, 6) is 0. The number of fused-ring (bicyclic) bond motifs is 1. The van der Waals surface area contributed by atoms with Gasteiger partial charge in [-0.1, -0.05) is 29.8 Å². The summed E-state index contributed by atoms with van der Waals surface area (Å²) in [6, 6.07) is 13.5. The van der Waals surface area contributed by atoms with Crippen LogP contribution >= 0.6 is 11.6 Å². The average Bonchev–Trinajstić information content (AvgIpc) is 2.75. The molecule has 0 spiro atoms. The molecule has 0 radical (unpaired) electrons. The summed E-state index contributed by atoms with van der Waals surface area (Å²) in [5, 5.41) is 1.57. The molecule has 0 aliphatic carbocycles. The first-order chi connectivity index (χ1) is 8.24.